The van der Waals surface area contributed by atoms with Gasteiger partial charge in [0.25, 0.3) is 10.0 Å². The lowest BCUT2D eigenvalue weighted by atomic mass is 10.1. The number of nitrogens with zero attached hydrogens (tertiary/aromatic N) is 1. The van der Waals surface area contributed by atoms with Crippen LogP contribution >= 0.6 is 11.6 Å². The predicted molar refractivity (Wildman–Crippen MR) is 99.0 cm³/mol. The maximum Gasteiger partial charge on any atom is 0.261 e. The molecular formula is C16H19ClN2O4S2. The van der Waals surface area contributed by atoms with E-state index in [0.717, 1.165) is 4.31 Å². The molecule has 0 unspecified atom stereocenters. The Morgan fingerprint density at radius 3 is 2.00 bits per heavy atom. The molecule has 0 amide bonds. The van der Waals surface area contributed by atoms with Crippen LogP contribution in [0.1, 0.15) is 11.1 Å². The van der Waals surface area contributed by atoms with E-state index in [0.29, 0.717) is 16.1 Å². The van der Waals surface area contributed by atoms with Gasteiger partial charge < -0.3 is 0 Å². The van der Waals surface area contributed by atoms with E-state index in [-0.39, 0.29) is 15.5 Å². The van der Waals surface area contributed by atoms with Gasteiger partial charge in [-0.3, -0.25) is 4.72 Å². The third-order valence-electron chi connectivity index (χ3n) is 3.79. The second-order valence-corrected chi connectivity index (χ2v) is 10.0. The average Bonchev–Trinajstić information content (AvgIpc) is 2.51. The molecule has 0 aliphatic rings. The molecule has 0 spiro atoms. The second kappa shape index (κ2) is 6.95. The largest absolute Gasteiger partial charge is 0.279 e. The van der Waals surface area contributed by atoms with Crippen LogP contribution in [0.5, 0.6) is 0 Å². The van der Waals surface area contributed by atoms with E-state index in [1.807, 2.05) is 0 Å². The van der Waals surface area contributed by atoms with Crippen LogP contribution in [-0.4, -0.2) is 35.2 Å². The summed E-state index contributed by atoms with van der Waals surface area (Å²) in [6, 6.07) is 8.55. The van der Waals surface area contributed by atoms with Gasteiger partial charge in [-0.15, -0.1) is 0 Å². The third-order valence-corrected chi connectivity index (χ3v) is 7.21. The van der Waals surface area contributed by atoms with Crippen molar-refractivity contribution >= 4 is 37.3 Å². The highest BCUT2D eigenvalue weighted by molar-refractivity contribution is 7.92. The molecule has 25 heavy (non-hydrogen) atoms. The number of rotatable bonds is 5. The molecule has 2 aromatic rings. The van der Waals surface area contributed by atoms with Crippen LogP contribution < -0.4 is 4.72 Å². The van der Waals surface area contributed by atoms with Gasteiger partial charge in [-0.2, -0.15) is 0 Å². The zero-order chi connectivity index (χ0) is 19.0. The minimum atomic E-state index is -3.87. The van der Waals surface area contributed by atoms with Gasteiger partial charge >= 0.3 is 0 Å². The van der Waals surface area contributed by atoms with Crippen molar-refractivity contribution in [3.05, 3.63) is 52.5 Å². The topological polar surface area (TPSA) is 83.6 Å². The summed E-state index contributed by atoms with van der Waals surface area (Å²) in [6.07, 6.45) is 0. The van der Waals surface area contributed by atoms with E-state index in [9.17, 15) is 16.8 Å². The Bertz CT molecular complexity index is 999. The van der Waals surface area contributed by atoms with Crippen molar-refractivity contribution < 1.29 is 16.8 Å². The second-order valence-electron chi connectivity index (χ2n) is 5.76. The molecule has 0 saturated carbocycles. The molecule has 0 aliphatic heterocycles. The zero-order valence-corrected chi connectivity index (χ0v) is 16.6. The van der Waals surface area contributed by atoms with Crippen LogP contribution in [0.3, 0.4) is 0 Å². The summed E-state index contributed by atoms with van der Waals surface area (Å²) >= 11 is 5.78. The van der Waals surface area contributed by atoms with Gasteiger partial charge in [0.2, 0.25) is 10.0 Å². The van der Waals surface area contributed by atoms with Crippen molar-refractivity contribution in [2.24, 2.45) is 0 Å². The van der Waals surface area contributed by atoms with Crippen molar-refractivity contribution in [3.8, 4) is 0 Å². The number of hydrogen-bond acceptors (Lipinski definition) is 4. The lowest BCUT2D eigenvalue weighted by Gasteiger charge is -2.17. The first kappa shape index (κ1) is 19.7. The number of sulfonamides is 2. The van der Waals surface area contributed by atoms with E-state index < -0.39 is 20.0 Å². The average molecular weight is 403 g/mol. The van der Waals surface area contributed by atoms with Gasteiger partial charge in [-0.25, -0.2) is 21.1 Å². The highest BCUT2D eigenvalue weighted by Gasteiger charge is 2.22. The highest BCUT2D eigenvalue weighted by atomic mass is 35.5. The molecule has 0 saturated heterocycles. The third kappa shape index (κ3) is 4.14. The normalized spacial score (nSPS) is 12.4. The summed E-state index contributed by atoms with van der Waals surface area (Å²) in [5, 5.41) is 0.421. The SMILES string of the molecule is Cc1cc(S(=O)(=O)N(C)C)cc(NS(=O)(=O)c2ccc(Cl)cc2)c1C. The van der Waals surface area contributed by atoms with Gasteiger partial charge in [0.1, 0.15) is 0 Å². The van der Waals surface area contributed by atoms with Crippen molar-refractivity contribution in [2.45, 2.75) is 23.6 Å². The standard InChI is InChI=1S/C16H19ClN2O4S2/c1-11-9-15(25(22,23)19(3)4)10-16(12(11)2)18-24(20,21)14-7-5-13(17)6-8-14/h5-10,18H,1-4H3. The van der Waals surface area contributed by atoms with Crippen LogP contribution in [0.4, 0.5) is 5.69 Å². The number of anilines is 1. The lowest BCUT2D eigenvalue weighted by Crippen LogP contribution is -2.23. The summed E-state index contributed by atoms with van der Waals surface area (Å²) in [5.74, 6) is 0. The minimum Gasteiger partial charge on any atom is -0.279 e. The van der Waals surface area contributed by atoms with Crippen molar-refractivity contribution in [2.75, 3.05) is 18.8 Å². The molecule has 0 aromatic heterocycles. The van der Waals surface area contributed by atoms with E-state index >= 15 is 0 Å². The molecule has 0 fully saturated rings. The Balaban J connectivity index is 2.53. The quantitative estimate of drug-likeness (QED) is 0.833. The van der Waals surface area contributed by atoms with Crippen molar-refractivity contribution in [1.29, 1.82) is 0 Å². The first-order valence-electron chi connectivity index (χ1n) is 7.27. The Kier molecular flexibility index (Phi) is 5.48. The molecule has 1 N–H and O–H groups in total. The number of aryl methyl sites for hydroxylation is 1. The Labute approximate surface area is 153 Å². The van der Waals surface area contributed by atoms with Crippen molar-refractivity contribution in [1.82, 2.24) is 4.31 Å². The molecular weight excluding hydrogens is 384 g/mol. The molecule has 0 aliphatic carbocycles. The maximum atomic E-state index is 12.6. The van der Waals surface area contributed by atoms with Crippen LogP contribution in [0.15, 0.2) is 46.2 Å². The van der Waals surface area contributed by atoms with Crippen LogP contribution in [0.25, 0.3) is 0 Å². The zero-order valence-electron chi connectivity index (χ0n) is 14.2. The molecule has 0 atom stereocenters. The number of nitrogens with one attached hydrogen (secondary N) is 1. The number of hydrogen-bond donors (Lipinski definition) is 1. The summed E-state index contributed by atoms with van der Waals surface area (Å²) in [4.78, 5) is 0.0595. The molecule has 6 nitrogen and oxygen atoms in total. The fourth-order valence-corrected chi connectivity index (χ4v) is 4.36. The van der Waals surface area contributed by atoms with Crippen LogP contribution in [-0.2, 0) is 20.0 Å². The summed E-state index contributed by atoms with van der Waals surface area (Å²) < 4.78 is 53.4. The Hall–Kier alpha value is -1.61. The number of halogens is 1. The smallest absolute Gasteiger partial charge is 0.261 e. The summed E-state index contributed by atoms with van der Waals surface area (Å²) in [6.45, 7) is 3.45. The van der Waals surface area contributed by atoms with E-state index in [1.54, 1.807) is 13.8 Å². The van der Waals surface area contributed by atoms with Gasteiger partial charge in [0.15, 0.2) is 0 Å². The molecule has 0 heterocycles. The molecule has 2 aromatic carbocycles. The number of benzene rings is 2. The monoisotopic (exact) mass is 402 g/mol. The highest BCUT2D eigenvalue weighted by Crippen LogP contribution is 2.27. The minimum absolute atomic E-state index is 0.0226. The van der Waals surface area contributed by atoms with Gasteiger partial charge in [0.05, 0.1) is 15.5 Å². The molecule has 2 rings (SSSR count). The Morgan fingerprint density at radius 2 is 1.48 bits per heavy atom. The van der Waals surface area contributed by atoms with E-state index in [2.05, 4.69) is 4.72 Å². The molecule has 9 heteroatoms. The molecule has 0 radical (unpaired) electrons. The summed E-state index contributed by atoms with van der Waals surface area (Å²) in [7, 11) is -4.71. The fraction of sp³-hybridized carbons (Fsp3) is 0.250. The van der Waals surface area contributed by atoms with Gasteiger partial charge in [0, 0.05) is 19.1 Å². The summed E-state index contributed by atoms with van der Waals surface area (Å²) in [5.41, 5.74) is 1.53. The molecule has 0 bridgehead atoms. The van der Waals surface area contributed by atoms with Gasteiger partial charge in [-0.1, -0.05) is 11.6 Å². The lowest BCUT2D eigenvalue weighted by molar-refractivity contribution is 0.520. The fourth-order valence-electron chi connectivity index (χ4n) is 2.11. The first-order valence-corrected chi connectivity index (χ1v) is 10.6. The van der Waals surface area contributed by atoms with Crippen LogP contribution in [0.2, 0.25) is 5.02 Å². The first-order chi connectivity index (χ1) is 11.4. The molecule has 136 valence electrons. The van der Waals surface area contributed by atoms with Crippen molar-refractivity contribution in [3.63, 3.8) is 0 Å². The maximum absolute atomic E-state index is 12.6. The predicted octanol–water partition coefficient (Wildman–Crippen LogP) is 3.01. The van der Waals surface area contributed by atoms with Gasteiger partial charge in [-0.05, 0) is 61.4 Å². The van der Waals surface area contributed by atoms with E-state index in [1.165, 1.54) is 50.5 Å². The Morgan fingerprint density at radius 1 is 0.920 bits per heavy atom. The van der Waals surface area contributed by atoms with E-state index in [4.69, 9.17) is 11.6 Å². The van der Waals surface area contributed by atoms with Crippen LogP contribution in [0, 0.1) is 13.8 Å².